The second-order valence-corrected chi connectivity index (χ2v) is 11.8. The van der Waals surface area contributed by atoms with Crippen LogP contribution in [0.1, 0.15) is 32.4 Å². The maximum atomic E-state index is 12.8. The second-order valence-electron chi connectivity index (χ2n) is 8.66. The number of ether oxygens (including phenoxy) is 1. The van der Waals surface area contributed by atoms with Crippen molar-refractivity contribution < 1.29 is 27.2 Å². The van der Waals surface area contributed by atoms with Gasteiger partial charge >= 0.3 is 0 Å². The maximum Gasteiger partial charge on any atom is 0.254 e. The predicted octanol–water partition coefficient (Wildman–Crippen LogP) is 2.06. The van der Waals surface area contributed by atoms with Gasteiger partial charge in [-0.1, -0.05) is 18.2 Å². The highest BCUT2D eigenvalue weighted by Gasteiger charge is 2.34. The number of hydrogen-bond acceptors (Lipinski definition) is 12. The van der Waals surface area contributed by atoms with Crippen molar-refractivity contribution in [2.45, 2.75) is 17.9 Å². The summed E-state index contributed by atoms with van der Waals surface area (Å²) in [5.41, 5.74) is 7.56. The molecular formula is C26H32N6O6S2. The molecule has 0 aliphatic carbocycles. The smallest absolute Gasteiger partial charge is 0.254 e. The SMILES string of the molecule is C=O.CN.CNCc1nnc(C(c2nc3ccc(-c4cccc(C(=O)N5CC(OC)C5)c4)cc3s2)S(C)(=O)=O)o1. The number of carbonyl (C=O) groups is 2. The molecule has 214 valence electrons. The lowest BCUT2D eigenvalue weighted by Gasteiger charge is -2.38. The van der Waals surface area contributed by atoms with E-state index in [0.717, 1.165) is 22.1 Å². The minimum atomic E-state index is -3.63. The van der Waals surface area contributed by atoms with Crippen LogP contribution < -0.4 is 11.1 Å². The van der Waals surface area contributed by atoms with Gasteiger partial charge in [0, 0.05) is 32.0 Å². The zero-order chi connectivity index (χ0) is 29.4. The number of amides is 1. The van der Waals surface area contributed by atoms with Gasteiger partial charge in [-0.25, -0.2) is 13.4 Å². The monoisotopic (exact) mass is 588 g/mol. The number of thiazole rings is 1. The van der Waals surface area contributed by atoms with E-state index < -0.39 is 15.1 Å². The Morgan fingerprint density at radius 2 is 1.90 bits per heavy atom. The Labute approximate surface area is 236 Å². The van der Waals surface area contributed by atoms with E-state index in [2.05, 4.69) is 26.2 Å². The summed E-state index contributed by atoms with van der Waals surface area (Å²) < 4.78 is 37.0. The van der Waals surface area contributed by atoms with Crippen molar-refractivity contribution in [2.75, 3.05) is 40.6 Å². The standard InChI is InChI=1S/C24H25N5O5S2.CH5N.CH2O/c1-25-11-20-27-28-22(34-20)21(36(3,31)32)23-26-18-8-7-15(10-19(18)35-23)14-5-4-6-16(9-14)24(30)29-12-17(13-29)33-2;2*1-2/h4-10,17,21,25H,11-13H2,1-3H3;2H2,1H3;1H2. The first-order valence-corrected chi connectivity index (χ1v) is 14.9. The number of aromatic nitrogens is 3. The molecule has 5 rings (SSSR count). The van der Waals surface area contributed by atoms with Crippen molar-refractivity contribution in [3.05, 3.63) is 64.8 Å². The first-order chi connectivity index (χ1) is 19.3. The maximum absolute atomic E-state index is 12.8. The van der Waals surface area contributed by atoms with Gasteiger partial charge in [-0.2, -0.15) is 0 Å². The van der Waals surface area contributed by atoms with Gasteiger partial charge < -0.3 is 29.9 Å². The molecule has 1 saturated heterocycles. The van der Waals surface area contributed by atoms with Crippen LogP contribution in [-0.2, 0) is 25.9 Å². The molecule has 3 heterocycles. The molecule has 0 spiro atoms. The molecule has 4 aromatic rings. The summed E-state index contributed by atoms with van der Waals surface area (Å²) in [5.74, 6) is 0.268. The molecule has 12 nitrogen and oxygen atoms in total. The summed E-state index contributed by atoms with van der Waals surface area (Å²) in [6.45, 7) is 3.51. The Morgan fingerprint density at radius 3 is 2.55 bits per heavy atom. The van der Waals surface area contributed by atoms with E-state index in [1.54, 1.807) is 25.1 Å². The van der Waals surface area contributed by atoms with Crippen LogP contribution in [-0.4, -0.2) is 87.8 Å². The Hall–Kier alpha value is -3.56. The van der Waals surface area contributed by atoms with Crippen molar-refractivity contribution in [3.8, 4) is 11.1 Å². The number of nitrogens with one attached hydrogen (secondary N) is 1. The zero-order valence-corrected chi connectivity index (χ0v) is 24.3. The predicted molar refractivity (Wildman–Crippen MR) is 153 cm³/mol. The quantitative estimate of drug-likeness (QED) is 0.309. The molecule has 1 unspecified atom stereocenters. The molecule has 1 aliphatic rings. The number of benzene rings is 2. The largest absolute Gasteiger partial charge is 0.422 e. The number of sulfone groups is 1. The molecule has 1 amide bonds. The van der Waals surface area contributed by atoms with Crippen LogP contribution in [0.4, 0.5) is 0 Å². The van der Waals surface area contributed by atoms with Gasteiger partial charge in [0.05, 0.1) is 22.9 Å². The average Bonchev–Trinajstić information content (AvgIpc) is 3.56. The van der Waals surface area contributed by atoms with Gasteiger partial charge in [-0.05, 0) is 49.5 Å². The van der Waals surface area contributed by atoms with Crippen LogP contribution in [0.5, 0.6) is 0 Å². The molecule has 40 heavy (non-hydrogen) atoms. The van der Waals surface area contributed by atoms with Crippen molar-refractivity contribution in [1.82, 2.24) is 25.4 Å². The van der Waals surface area contributed by atoms with Gasteiger partial charge in [0.1, 0.15) is 11.8 Å². The molecule has 0 saturated carbocycles. The van der Waals surface area contributed by atoms with Crippen LogP contribution >= 0.6 is 11.3 Å². The molecule has 2 aromatic heterocycles. The molecule has 1 fully saturated rings. The third kappa shape index (κ3) is 6.77. The summed E-state index contributed by atoms with van der Waals surface area (Å²) in [4.78, 5) is 27.1. The number of carbonyl (C=O) groups excluding carboxylic acids is 2. The molecule has 0 radical (unpaired) electrons. The number of rotatable bonds is 8. The Morgan fingerprint density at radius 1 is 1.20 bits per heavy atom. The van der Waals surface area contributed by atoms with Crippen LogP contribution in [0.3, 0.4) is 0 Å². The second kappa shape index (κ2) is 13.7. The van der Waals surface area contributed by atoms with Crippen molar-refractivity contribution in [1.29, 1.82) is 0 Å². The summed E-state index contributed by atoms with van der Waals surface area (Å²) in [5, 5.41) is 10.00. The number of fused-ring (bicyclic) bond motifs is 1. The average molecular weight is 589 g/mol. The van der Waals surface area contributed by atoms with Gasteiger partial charge in [-0.15, -0.1) is 21.5 Å². The molecule has 0 bridgehead atoms. The Bertz CT molecular complexity index is 1550. The minimum Gasteiger partial charge on any atom is -0.422 e. The van der Waals surface area contributed by atoms with Gasteiger partial charge in [0.25, 0.3) is 5.91 Å². The zero-order valence-electron chi connectivity index (χ0n) is 22.7. The summed E-state index contributed by atoms with van der Waals surface area (Å²) >= 11 is 1.27. The van der Waals surface area contributed by atoms with E-state index in [1.807, 2.05) is 43.2 Å². The van der Waals surface area contributed by atoms with E-state index in [9.17, 15) is 13.2 Å². The molecule has 14 heteroatoms. The lowest BCUT2D eigenvalue weighted by atomic mass is 10.0. The van der Waals surface area contributed by atoms with Crippen molar-refractivity contribution in [3.63, 3.8) is 0 Å². The first-order valence-electron chi connectivity index (χ1n) is 12.1. The van der Waals surface area contributed by atoms with Crippen molar-refractivity contribution >= 4 is 44.1 Å². The normalized spacial score (nSPS) is 14.0. The highest BCUT2D eigenvalue weighted by molar-refractivity contribution is 7.91. The molecule has 3 N–H and O–H groups in total. The molecular weight excluding hydrogens is 556 g/mol. The van der Waals surface area contributed by atoms with E-state index in [4.69, 9.17) is 13.9 Å². The Kier molecular flexibility index (Phi) is 10.6. The Balaban J connectivity index is 0.00000106. The van der Waals surface area contributed by atoms with E-state index in [-0.39, 0.29) is 17.9 Å². The third-order valence-corrected chi connectivity index (χ3v) is 8.52. The van der Waals surface area contributed by atoms with Gasteiger partial charge in [-0.3, -0.25) is 4.79 Å². The fraction of sp³-hybridized carbons (Fsp3) is 0.346. The fourth-order valence-electron chi connectivity index (χ4n) is 4.07. The van der Waals surface area contributed by atoms with E-state index in [1.165, 1.54) is 18.4 Å². The molecule has 1 aliphatic heterocycles. The first kappa shape index (κ1) is 31.0. The molecule has 1 atom stereocenters. The van der Waals surface area contributed by atoms with E-state index >= 15 is 0 Å². The van der Waals surface area contributed by atoms with Crippen LogP contribution in [0, 0.1) is 0 Å². The van der Waals surface area contributed by atoms with E-state index in [0.29, 0.717) is 41.6 Å². The molecule has 2 aromatic carbocycles. The lowest BCUT2D eigenvalue weighted by Crippen LogP contribution is -2.54. The third-order valence-electron chi connectivity index (χ3n) is 6.00. The van der Waals surface area contributed by atoms with Crippen molar-refractivity contribution in [2.24, 2.45) is 5.73 Å². The lowest BCUT2D eigenvalue weighted by molar-refractivity contribution is -0.0980. The summed E-state index contributed by atoms with van der Waals surface area (Å²) in [6, 6.07) is 13.2. The highest BCUT2D eigenvalue weighted by Crippen LogP contribution is 2.36. The van der Waals surface area contributed by atoms with Crippen LogP contribution in [0.15, 0.2) is 46.9 Å². The summed E-state index contributed by atoms with van der Waals surface area (Å²) in [7, 11) is 1.25. The number of nitrogens with zero attached hydrogens (tertiary/aromatic N) is 4. The topological polar surface area (TPSA) is 171 Å². The summed E-state index contributed by atoms with van der Waals surface area (Å²) in [6.07, 6.45) is 1.23. The van der Waals surface area contributed by atoms with Gasteiger partial charge in [0.15, 0.2) is 15.1 Å². The number of hydrogen-bond donors (Lipinski definition) is 2. The number of likely N-dealkylation sites (tertiary alicyclic amines) is 1. The minimum absolute atomic E-state index is 0.00468. The van der Waals surface area contributed by atoms with Gasteiger partial charge in [0.2, 0.25) is 11.8 Å². The van der Waals surface area contributed by atoms with Crippen LogP contribution in [0.25, 0.3) is 21.3 Å². The highest BCUT2D eigenvalue weighted by atomic mass is 32.2. The number of methoxy groups -OCH3 is 1. The fourth-order valence-corrected chi connectivity index (χ4v) is 6.60. The van der Waals surface area contributed by atoms with Crippen LogP contribution in [0.2, 0.25) is 0 Å². The number of nitrogens with two attached hydrogens (primary N) is 1.